The maximum absolute atomic E-state index is 13.0. The van der Waals surface area contributed by atoms with Crippen molar-refractivity contribution in [2.45, 2.75) is 31.5 Å². The minimum absolute atomic E-state index is 0.0814. The molecule has 21 heavy (non-hydrogen) atoms. The van der Waals surface area contributed by atoms with Crippen LogP contribution in [0.3, 0.4) is 0 Å². The second kappa shape index (κ2) is 5.93. The van der Waals surface area contributed by atoms with Gasteiger partial charge in [-0.1, -0.05) is 6.42 Å². The fraction of sp³-hybridized carbons (Fsp3) is 0.500. The highest BCUT2D eigenvalue weighted by Gasteiger charge is 2.36. The number of hydrogen-bond acceptors (Lipinski definition) is 3. The molecule has 2 unspecified atom stereocenters. The minimum Gasteiger partial charge on any atom is -0.497 e. The highest BCUT2D eigenvalue weighted by molar-refractivity contribution is 5.94. The van der Waals surface area contributed by atoms with Crippen LogP contribution in [0.1, 0.15) is 24.8 Å². The van der Waals surface area contributed by atoms with Gasteiger partial charge in [-0.25, -0.2) is 0 Å². The molecule has 7 heteroatoms. The molecule has 1 aliphatic carbocycles. The second-order valence-corrected chi connectivity index (χ2v) is 5.10. The van der Waals surface area contributed by atoms with Gasteiger partial charge in [0.05, 0.1) is 24.3 Å². The SMILES string of the molecule is COc1ccc(NC(=O)C2CCCC2N)c(C(F)(F)F)c1. The average Bonchev–Trinajstić information content (AvgIpc) is 2.84. The van der Waals surface area contributed by atoms with E-state index in [1.807, 2.05) is 0 Å². The van der Waals surface area contributed by atoms with Gasteiger partial charge in [0.25, 0.3) is 0 Å². The van der Waals surface area contributed by atoms with Crippen molar-refractivity contribution in [2.75, 3.05) is 12.4 Å². The Morgan fingerprint density at radius 1 is 1.38 bits per heavy atom. The predicted molar refractivity (Wildman–Crippen MR) is 71.9 cm³/mol. The van der Waals surface area contributed by atoms with Gasteiger partial charge in [0, 0.05) is 6.04 Å². The standard InChI is InChI=1S/C14H17F3N2O2/c1-21-8-5-6-12(10(7-8)14(15,16)17)19-13(20)9-3-2-4-11(9)18/h5-7,9,11H,2-4,18H2,1H3,(H,19,20). The Labute approximate surface area is 120 Å². The van der Waals surface area contributed by atoms with Crippen LogP contribution in [-0.4, -0.2) is 19.1 Å². The van der Waals surface area contributed by atoms with Gasteiger partial charge >= 0.3 is 6.18 Å². The summed E-state index contributed by atoms with van der Waals surface area (Å²) in [5.41, 5.74) is 4.60. The van der Waals surface area contributed by atoms with Crippen LogP contribution in [0.25, 0.3) is 0 Å². The van der Waals surface area contributed by atoms with E-state index in [2.05, 4.69) is 5.32 Å². The highest BCUT2D eigenvalue weighted by Crippen LogP contribution is 2.37. The van der Waals surface area contributed by atoms with E-state index in [4.69, 9.17) is 10.5 Å². The third kappa shape index (κ3) is 3.47. The first kappa shape index (κ1) is 15.6. The summed E-state index contributed by atoms with van der Waals surface area (Å²) in [7, 11) is 1.28. The summed E-state index contributed by atoms with van der Waals surface area (Å²) in [5.74, 6) is -0.818. The summed E-state index contributed by atoms with van der Waals surface area (Å²) >= 11 is 0. The summed E-state index contributed by atoms with van der Waals surface area (Å²) in [5, 5.41) is 2.35. The first-order chi connectivity index (χ1) is 9.82. The lowest BCUT2D eigenvalue weighted by Crippen LogP contribution is -2.34. The zero-order valence-electron chi connectivity index (χ0n) is 11.5. The number of carbonyl (C=O) groups excluding carboxylic acids is 1. The van der Waals surface area contributed by atoms with Crippen molar-refractivity contribution in [1.82, 2.24) is 0 Å². The van der Waals surface area contributed by atoms with Crippen LogP contribution >= 0.6 is 0 Å². The number of ether oxygens (including phenoxy) is 1. The van der Waals surface area contributed by atoms with Gasteiger partial charge in [0.2, 0.25) is 5.91 Å². The van der Waals surface area contributed by atoms with Crippen molar-refractivity contribution in [3.63, 3.8) is 0 Å². The second-order valence-electron chi connectivity index (χ2n) is 5.10. The maximum atomic E-state index is 13.0. The van der Waals surface area contributed by atoms with Crippen molar-refractivity contribution >= 4 is 11.6 Å². The maximum Gasteiger partial charge on any atom is 0.418 e. The molecule has 0 bridgehead atoms. The topological polar surface area (TPSA) is 64.3 Å². The van der Waals surface area contributed by atoms with E-state index in [9.17, 15) is 18.0 Å². The fourth-order valence-corrected chi connectivity index (χ4v) is 2.53. The van der Waals surface area contributed by atoms with E-state index in [0.717, 1.165) is 12.5 Å². The van der Waals surface area contributed by atoms with Crippen LogP contribution in [0.2, 0.25) is 0 Å². The number of nitrogens with two attached hydrogens (primary N) is 1. The molecule has 0 aromatic heterocycles. The third-order valence-corrected chi connectivity index (χ3v) is 3.70. The first-order valence-electron chi connectivity index (χ1n) is 6.64. The van der Waals surface area contributed by atoms with Crippen LogP contribution in [0, 0.1) is 5.92 Å². The summed E-state index contributed by atoms with van der Waals surface area (Å²) in [6.45, 7) is 0. The molecule has 4 nitrogen and oxygen atoms in total. The molecule has 0 saturated heterocycles. The average molecular weight is 302 g/mol. The molecule has 1 aromatic rings. The van der Waals surface area contributed by atoms with Gasteiger partial charge < -0.3 is 15.8 Å². The van der Waals surface area contributed by atoms with Crippen molar-refractivity contribution in [3.8, 4) is 5.75 Å². The van der Waals surface area contributed by atoms with Gasteiger partial charge in [0.15, 0.2) is 0 Å². The van der Waals surface area contributed by atoms with Crippen LogP contribution in [-0.2, 0) is 11.0 Å². The lowest BCUT2D eigenvalue weighted by molar-refractivity contribution is -0.137. The van der Waals surface area contributed by atoms with E-state index < -0.39 is 23.6 Å². The molecule has 1 fully saturated rings. The molecular weight excluding hydrogens is 285 g/mol. The zero-order valence-corrected chi connectivity index (χ0v) is 11.5. The van der Waals surface area contributed by atoms with Gasteiger partial charge in [-0.15, -0.1) is 0 Å². The molecule has 2 rings (SSSR count). The van der Waals surface area contributed by atoms with Crippen molar-refractivity contribution in [2.24, 2.45) is 11.7 Å². The van der Waals surface area contributed by atoms with Gasteiger partial charge in [-0.2, -0.15) is 13.2 Å². The van der Waals surface area contributed by atoms with E-state index in [1.54, 1.807) is 0 Å². The van der Waals surface area contributed by atoms with Gasteiger partial charge in [-0.05, 0) is 31.0 Å². The molecule has 1 amide bonds. The van der Waals surface area contributed by atoms with Crippen molar-refractivity contribution < 1.29 is 22.7 Å². The minimum atomic E-state index is -4.57. The molecule has 1 saturated carbocycles. The summed E-state index contributed by atoms with van der Waals surface area (Å²) in [6.07, 6.45) is -2.44. The van der Waals surface area contributed by atoms with Crippen LogP contribution in [0.15, 0.2) is 18.2 Å². The Morgan fingerprint density at radius 3 is 2.62 bits per heavy atom. The summed E-state index contributed by atoms with van der Waals surface area (Å²) in [6, 6.07) is 3.14. The number of nitrogens with one attached hydrogen (secondary N) is 1. The number of hydrogen-bond donors (Lipinski definition) is 2. The molecule has 0 radical (unpaired) electrons. The quantitative estimate of drug-likeness (QED) is 0.902. The number of alkyl halides is 3. The van der Waals surface area contributed by atoms with Gasteiger partial charge in [-0.3, -0.25) is 4.79 Å². The van der Waals surface area contributed by atoms with Crippen molar-refractivity contribution in [1.29, 1.82) is 0 Å². The number of benzene rings is 1. The number of rotatable bonds is 3. The first-order valence-corrected chi connectivity index (χ1v) is 6.64. The summed E-state index contributed by atoms with van der Waals surface area (Å²) < 4.78 is 43.9. The Kier molecular flexibility index (Phi) is 4.41. The molecule has 0 aliphatic heterocycles. The fourth-order valence-electron chi connectivity index (χ4n) is 2.53. The van der Waals surface area contributed by atoms with E-state index in [1.165, 1.54) is 19.2 Å². The largest absolute Gasteiger partial charge is 0.497 e. The lowest BCUT2D eigenvalue weighted by Gasteiger charge is -2.18. The Balaban J connectivity index is 2.25. The molecule has 0 spiro atoms. The summed E-state index contributed by atoms with van der Waals surface area (Å²) in [4.78, 5) is 12.1. The zero-order chi connectivity index (χ0) is 15.6. The normalized spacial score (nSPS) is 22.1. The monoisotopic (exact) mass is 302 g/mol. The molecular formula is C14H17F3N2O2. The number of methoxy groups -OCH3 is 1. The lowest BCUT2D eigenvalue weighted by atomic mass is 10.0. The van der Waals surface area contributed by atoms with E-state index in [-0.39, 0.29) is 17.5 Å². The van der Waals surface area contributed by atoms with E-state index >= 15 is 0 Å². The number of carbonyl (C=O) groups is 1. The van der Waals surface area contributed by atoms with Crippen molar-refractivity contribution in [3.05, 3.63) is 23.8 Å². The molecule has 1 aliphatic rings. The molecule has 2 atom stereocenters. The van der Waals surface area contributed by atoms with Crippen LogP contribution < -0.4 is 15.8 Å². The van der Waals surface area contributed by atoms with Crippen LogP contribution in [0.5, 0.6) is 5.75 Å². The Bertz CT molecular complexity index is 531. The highest BCUT2D eigenvalue weighted by atomic mass is 19.4. The predicted octanol–water partition coefficient (Wildman–Crippen LogP) is 2.78. The molecule has 0 heterocycles. The Hall–Kier alpha value is -1.76. The van der Waals surface area contributed by atoms with Gasteiger partial charge in [0.1, 0.15) is 5.75 Å². The molecule has 1 aromatic carbocycles. The molecule has 116 valence electrons. The van der Waals surface area contributed by atoms with Crippen LogP contribution in [0.4, 0.5) is 18.9 Å². The number of amides is 1. The smallest absolute Gasteiger partial charge is 0.418 e. The third-order valence-electron chi connectivity index (χ3n) is 3.70. The number of anilines is 1. The Morgan fingerprint density at radius 2 is 2.10 bits per heavy atom. The van der Waals surface area contributed by atoms with E-state index in [0.29, 0.717) is 12.8 Å². The molecule has 3 N–H and O–H groups in total. The number of halogens is 3.